The Hall–Kier alpha value is -0.470. The standard InChI is InChI=1S/C9H10OS/c1-2-3-7-4-5-9(10)8(6-7)11-9/h2,4-6,8,10H,1,3H2. The van der Waals surface area contributed by atoms with Crippen LogP contribution in [0, 0.1) is 0 Å². The molecule has 1 aliphatic carbocycles. The molecule has 2 aliphatic rings. The molecule has 2 unspecified atom stereocenters. The first kappa shape index (κ1) is 7.19. The van der Waals surface area contributed by atoms with Crippen molar-refractivity contribution in [3.8, 4) is 0 Å². The summed E-state index contributed by atoms with van der Waals surface area (Å²) in [7, 11) is 0. The summed E-state index contributed by atoms with van der Waals surface area (Å²) in [4.78, 5) is -0.551. The number of fused-ring (bicyclic) bond motifs is 1. The molecule has 1 heterocycles. The molecular formula is C9H10OS. The minimum absolute atomic E-state index is 0.308. The topological polar surface area (TPSA) is 20.2 Å². The Morgan fingerprint density at radius 1 is 1.82 bits per heavy atom. The first-order valence-corrected chi connectivity index (χ1v) is 4.53. The predicted molar refractivity (Wildman–Crippen MR) is 48.4 cm³/mol. The maximum Gasteiger partial charge on any atom is 0.145 e. The van der Waals surface area contributed by atoms with Gasteiger partial charge in [-0.1, -0.05) is 18.2 Å². The maximum atomic E-state index is 9.54. The van der Waals surface area contributed by atoms with E-state index in [2.05, 4.69) is 12.7 Å². The normalized spacial score (nSPS) is 39.4. The Morgan fingerprint density at radius 2 is 2.64 bits per heavy atom. The Morgan fingerprint density at radius 3 is 3.27 bits per heavy atom. The molecule has 1 N–H and O–H groups in total. The summed E-state index contributed by atoms with van der Waals surface area (Å²) < 4.78 is 0. The maximum absolute atomic E-state index is 9.54. The lowest BCUT2D eigenvalue weighted by atomic mass is 10.0. The van der Waals surface area contributed by atoms with Crippen LogP contribution in [0.15, 0.2) is 36.5 Å². The highest BCUT2D eigenvalue weighted by Gasteiger charge is 2.52. The Bertz CT molecular complexity index is 254. The molecule has 0 aromatic carbocycles. The zero-order valence-electron chi connectivity index (χ0n) is 6.16. The molecule has 0 radical (unpaired) electrons. The average Bonchev–Trinajstić information content (AvgIpc) is 2.61. The summed E-state index contributed by atoms with van der Waals surface area (Å²) in [5.41, 5.74) is 1.26. The third kappa shape index (κ3) is 1.17. The highest BCUT2D eigenvalue weighted by molar-refractivity contribution is 8.08. The van der Waals surface area contributed by atoms with E-state index in [0.717, 1.165) is 6.42 Å². The van der Waals surface area contributed by atoms with Crippen LogP contribution >= 0.6 is 11.8 Å². The van der Waals surface area contributed by atoms with Crippen LogP contribution in [0.2, 0.25) is 0 Å². The van der Waals surface area contributed by atoms with E-state index in [1.165, 1.54) is 5.57 Å². The SMILES string of the molecule is C=CCC1=CC2SC2(O)C=C1. The van der Waals surface area contributed by atoms with Crippen molar-refractivity contribution in [2.75, 3.05) is 0 Å². The van der Waals surface area contributed by atoms with Gasteiger partial charge in [0.05, 0.1) is 5.25 Å². The van der Waals surface area contributed by atoms with Crippen LogP contribution in [0.3, 0.4) is 0 Å². The number of thioether (sulfide) groups is 1. The summed E-state index contributed by atoms with van der Waals surface area (Å²) in [6.45, 7) is 3.67. The third-order valence-electron chi connectivity index (χ3n) is 1.95. The van der Waals surface area contributed by atoms with Crippen molar-refractivity contribution in [1.82, 2.24) is 0 Å². The zero-order valence-corrected chi connectivity index (χ0v) is 6.97. The Balaban J connectivity index is 2.12. The number of aliphatic hydroxyl groups is 1. The monoisotopic (exact) mass is 166 g/mol. The summed E-state index contributed by atoms with van der Waals surface area (Å²) in [5.74, 6) is 0. The van der Waals surface area contributed by atoms with Crippen LogP contribution in [0.25, 0.3) is 0 Å². The fourth-order valence-corrected chi connectivity index (χ4v) is 2.11. The third-order valence-corrected chi connectivity index (χ3v) is 3.21. The van der Waals surface area contributed by atoms with Gasteiger partial charge < -0.3 is 5.11 Å². The number of hydrogen-bond acceptors (Lipinski definition) is 2. The van der Waals surface area contributed by atoms with Gasteiger partial charge >= 0.3 is 0 Å². The van der Waals surface area contributed by atoms with Crippen molar-refractivity contribution in [3.05, 3.63) is 36.5 Å². The molecule has 0 saturated carbocycles. The van der Waals surface area contributed by atoms with Crippen LogP contribution in [-0.2, 0) is 0 Å². The summed E-state index contributed by atoms with van der Waals surface area (Å²) in [5, 5.41) is 9.85. The van der Waals surface area contributed by atoms with E-state index in [-0.39, 0.29) is 0 Å². The van der Waals surface area contributed by atoms with E-state index < -0.39 is 4.93 Å². The molecule has 0 amide bonds. The van der Waals surface area contributed by atoms with Gasteiger partial charge in [0, 0.05) is 0 Å². The minimum Gasteiger partial charge on any atom is -0.374 e. The van der Waals surface area contributed by atoms with Crippen molar-refractivity contribution in [3.63, 3.8) is 0 Å². The van der Waals surface area contributed by atoms with Crippen molar-refractivity contribution < 1.29 is 5.11 Å². The molecule has 1 saturated heterocycles. The lowest BCUT2D eigenvalue weighted by Crippen LogP contribution is -2.10. The summed E-state index contributed by atoms with van der Waals surface area (Å²) in [6, 6.07) is 0. The molecule has 58 valence electrons. The molecule has 1 nitrogen and oxygen atoms in total. The Labute approximate surface area is 70.5 Å². The number of allylic oxidation sites excluding steroid dienone is 3. The van der Waals surface area contributed by atoms with Gasteiger partial charge in [-0.15, -0.1) is 18.3 Å². The van der Waals surface area contributed by atoms with Gasteiger partial charge in [-0.2, -0.15) is 0 Å². The quantitative estimate of drug-likeness (QED) is 0.499. The van der Waals surface area contributed by atoms with Crippen LogP contribution in [0.5, 0.6) is 0 Å². The fraction of sp³-hybridized carbons (Fsp3) is 0.333. The molecule has 0 aromatic rings. The van der Waals surface area contributed by atoms with Gasteiger partial charge in [-0.3, -0.25) is 0 Å². The van der Waals surface area contributed by atoms with E-state index in [4.69, 9.17) is 0 Å². The highest BCUT2D eigenvalue weighted by Crippen LogP contribution is 2.55. The van der Waals surface area contributed by atoms with E-state index in [1.54, 1.807) is 11.8 Å². The van der Waals surface area contributed by atoms with Gasteiger partial charge in [0.2, 0.25) is 0 Å². The minimum atomic E-state index is -0.551. The predicted octanol–water partition coefficient (Wildman–Crippen LogP) is 1.86. The highest BCUT2D eigenvalue weighted by atomic mass is 32.2. The number of hydrogen-bond donors (Lipinski definition) is 1. The molecule has 1 fully saturated rings. The van der Waals surface area contributed by atoms with E-state index in [9.17, 15) is 5.11 Å². The molecular weight excluding hydrogens is 156 g/mol. The summed E-state index contributed by atoms with van der Waals surface area (Å²) in [6.07, 6.45) is 8.77. The van der Waals surface area contributed by atoms with Crippen LogP contribution in [0.1, 0.15) is 6.42 Å². The fourth-order valence-electron chi connectivity index (χ4n) is 1.24. The van der Waals surface area contributed by atoms with Crippen molar-refractivity contribution in [1.29, 1.82) is 0 Å². The average molecular weight is 166 g/mol. The number of rotatable bonds is 2. The molecule has 2 atom stereocenters. The molecule has 0 bridgehead atoms. The van der Waals surface area contributed by atoms with Crippen LogP contribution in [0.4, 0.5) is 0 Å². The van der Waals surface area contributed by atoms with E-state index in [0.29, 0.717) is 5.25 Å². The molecule has 11 heavy (non-hydrogen) atoms. The summed E-state index contributed by atoms with van der Waals surface area (Å²) >= 11 is 1.59. The van der Waals surface area contributed by atoms with Gasteiger partial charge in [0.25, 0.3) is 0 Å². The van der Waals surface area contributed by atoms with Crippen LogP contribution < -0.4 is 0 Å². The van der Waals surface area contributed by atoms with Gasteiger partial charge in [-0.05, 0) is 18.1 Å². The van der Waals surface area contributed by atoms with Crippen molar-refractivity contribution >= 4 is 11.8 Å². The molecule has 2 rings (SSSR count). The van der Waals surface area contributed by atoms with Gasteiger partial charge in [0.1, 0.15) is 4.93 Å². The lowest BCUT2D eigenvalue weighted by Gasteiger charge is -2.06. The molecule has 0 spiro atoms. The largest absolute Gasteiger partial charge is 0.374 e. The second-order valence-corrected chi connectivity index (χ2v) is 4.26. The van der Waals surface area contributed by atoms with Gasteiger partial charge in [0.15, 0.2) is 0 Å². The first-order chi connectivity index (χ1) is 5.24. The van der Waals surface area contributed by atoms with E-state index >= 15 is 0 Å². The smallest absolute Gasteiger partial charge is 0.145 e. The lowest BCUT2D eigenvalue weighted by molar-refractivity contribution is 0.228. The second-order valence-electron chi connectivity index (χ2n) is 2.86. The van der Waals surface area contributed by atoms with Crippen molar-refractivity contribution in [2.24, 2.45) is 0 Å². The zero-order chi connectivity index (χ0) is 7.90. The second kappa shape index (κ2) is 2.26. The molecule has 0 aromatic heterocycles. The van der Waals surface area contributed by atoms with E-state index in [1.807, 2.05) is 18.2 Å². The van der Waals surface area contributed by atoms with Gasteiger partial charge in [-0.25, -0.2) is 0 Å². The van der Waals surface area contributed by atoms with Crippen LogP contribution in [-0.4, -0.2) is 15.3 Å². The molecule has 2 heteroatoms. The molecule has 1 aliphatic heterocycles. The Kier molecular flexibility index (Phi) is 1.48. The first-order valence-electron chi connectivity index (χ1n) is 3.65. The van der Waals surface area contributed by atoms with Crippen molar-refractivity contribution in [2.45, 2.75) is 16.6 Å².